The third-order valence-corrected chi connectivity index (χ3v) is 19.1. The van der Waals surface area contributed by atoms with Crippen LogP contribution in [-0.4, -0.2) is 97.6 Å². The number of thioether (sulfide) groups is 1. The summed E-state index contributed by atoms with van der Waals surface area (Å²) in [5, 5.41) is 6.85. The number of piperazine rings is 1. The molecule has 0 radical (unpaired) electrons. The van der Waals surface area contributed by atoms with E-state index in [4.69, 9.17) is 9.56 Å². The highest BCUT2D eigenvalue weighted by Crippen LogP contribution is 2.38. The molecule has 1 fully saturated rings. The first-order chi connectivity index (χ1) is 27.3. The number of rotatable bonds is 16. The summed E-state index contributed by atoms with van der Waals surface area (Å²) < 4.78 is 113. The molecule has 9 nitrogen and oxygen atoms in total. The van der Waals surface area contributed by atoms with E-state index in [9.17, 15) is 34.8 Å². The highest BCUT2D eigenvalue weighted by atomic mass is 32.2. The first kappa shape index (κ1) is 45.5. The van der Waals surface area contributed by atoms with Gasteiger partial charge in [0.25, 0.3) is 18.2 Å². The molecule has 2 atom stereocenters. The largest absolute Gasteiger partial charge is 0.501 e. The molecule has 0 bridgehead atoms. The first-order valence-electron chi connectivity index (χ1n) is 18.8. The molecular formula is C41H49F4N3O6S3Si. The molecule has 58 heavy (non-hydrogen) atoms. The van der Waals surface area contributed by atoms with E-state index in [1.165, 1.54) is 11.8 Å². The number of hydrogen-bond donors (Lipinski definition) is 1. The van der Waals surface area contributed by atoms with Crippen molar-refractivity contribution in [1.82, 2.24) is 9.80 Å². The number of halogens is 4. The van der Waals surface area contributed by atoms with E-state index in [0.29, 0.717) is 38.8 Å². The number of nitrogens with zero attached hydrogens (tertiary/aromatic N) is 2. The van der Waals surface area contributed by atoms with Crippen LogP contribution >= 0.6 is 11.8 Å². The van der Waals surface area contributed by atoms with Crippen LogP contribution in [0.15, 0.2) is 124 Å². The highest BCUT2D eigenvalue weighted by molar-refractivity contribution is 7.99. The second-order valence-electron chi connectivity index (χ2n) is 15.4. The third kappa shape index (κ3) is 10.8. The minimum atomic E-state index is -5.98. The van der Waals surface area contributed by atoms with Crippen molar-refractivity contribution in [1.29, 1.82) is 0 Å². The molecule has 2 N–H and O–H groups in total. The molecule has 4 aromatic carbocycles. The molecule has 0 unspecified atom stereocenters. The zero-order chi connectivity index (χ0) is 42.4. The predicted molar refractivity (Wildman–Crippen MR) is 222 cm³/mol. The van der Waals surface area contributed by atoms with Crippen molar-refractivity contribution in [2.45, 2.75) is 64.9 Å². The van der Waals surface area contributed by atoms with E-state index < -0.39 is 62.2 Å². The van der Waals surface area contributed by atoms with Gasteiger partial charge in [-0.25, -0.2) is 26.4 Å². The lowest BCUT2D eigenvalue weighted by molar-refractivity contribution is -0.134. The lowest BCUT2D eigenvalue weighted by Gasteiger charge is -2.46. The summed E-state index contributed by atoms with van der Waals surface area (Å²) in [5.74, 6) is -0.671. The third-order valence-electron chi connectivity index (χ3n) is 10.3. The number of carbonyl (C=O) groups excluding carboxylic acids is 1. The van der Waals surface area contributed by atoms with Crippen molar-refractivity contribution >= 4 is 56.2 Å². The molecule has 314 valence electrons. The van der Waals surface area contributed by atoms with Crippen molar-refractivity contribution < 1.29 is 43.6 Å². The fourth-order valence-corrected chi connectivity index (χ4v) is 14.7. The second-order valence-corrected chi connectivity index (χ2v) is 24.2. The van der Waals surface area contributed by atoms with E-state index in [2.05, 4.69) is 25.7 Å². The van der Waals surface area contributed by atoms with Gasteiger partial charge in [-0.3, -0.25) is 9.69 Å². The number of hydrogen-bond acceptors (Lipinski definition) is 8. The Bertz CT molecular complexity index is 2170. The smallest absolute Gasteiger partial charge is 0.400 e. The molecule has 0 saturated carbocycles. The molecule has 5 rings (SSSR count). The van der Waals surface area contributed by atoms with Gasteiger partial charge >= 0.3 is 5.51 Å². The zero-order valence-electron chi connectivity index (χ0n) is 32.6. The molecule has 1 heterocycles. The Labute approximate surface area is 344 Å². The summed E-state index contributed by atoms with van der Waals surface area (Å²) in [6.07, 6.45) is -1.14. The highest BCUT2D eigenvalue weighted by Gasteiger charge is 2.52. The minimum absolute atomic E-state index is 0.119. The first-order valence-corrected chi connectivity index (χ1v) is 24.7. The number of sulfonamides is 1. The van der Waals surface area contributed by atoms with Gasteiger partial charge in [0.1, 0.15) is 6.67 Å². The Balaban J connectivity index is 1.32. The van der Waals surface area contributed by atoms with Gasteiger partial charge in [0.15, 0.2) is 0 Å². The number of primary sulfonamides is 1. The Kier molecular flexibility index (Phi) is 14.7. The normalized spacial score (nSPS) is 15.9. The van der Waals surface area contributed by atoms with E-state index in [1.54, 1.807) is 4.90 Å². The Morgan fingerprint density at radius 2 is 1.36 bits per heavy atom. The zero-order valence-corrected chi connectivity index (χ0v) is 36.0. The maximum Gasteiger partial charge on any atom is 0.501 e. The van der Waals surface area contributed by atoms with E-state index >= 15 is 4.39 Å². The fourth-order valence-electron chi connectivity index (χ4n) is 7.39. The molecular weight excluding hydrogens is 831 g/mol. The summed E-state index contributed by atoms with van der Waals surface area (Å²) in [7, 11) is -13.6. The fraction of sp³-hybridized carbons (Fsp3) is 0.390. The topological polar surface area (TPSA) is 127 Å². The Hall–Kier alpha value is -3.58. The lowest BCUT2D eigenvalue weighted by Crippen LogP contribution is -2.68. The summed E-state index contributed by atoms with van der Waals surface area (Å²) in [6, 6.07) is 31.5. The number of carbonyl (C=O) groups is 1. The number of alkyl halides is 4. The number of benzene rings is 4. The monoisotopic (exact) mass is 879 g/mol. The van der Waals surface area contributed by atoms with Crippen molar-refractivity contribution in [2.75, 3.05) is 45.2 Å². The molecule has 0 aliphatic carbocycles. The van der Waals surface area contributed by atoms with Crippen LogP contribution in [0.3, 0.4) is 0 Å². The second kappa shape index (κ2) is 18.8. The minimum Gasteiger partial charge on any atom is -0.400 e. The molecule has 1 aliphatic heterocycles. The molecule has 1 aliphatic rings. The van der Waals surface area contributed by atoms with Gasteiger partial charge in [-0.05, 0) is 57.6 Å². The van der Waals surface area contributed by atoms with Crippen molar-refractivity contribution in [3.05, 3.63) is 115 Å². The van der Waals surface area contributed by atoms with Gasteiger partial charge in [-0.15, -0.1) is 11.8 Å². The average molecular weight is 880 g/mol. The summed E-state index contributed by atoms with van der Waals surface area (Å²) >= 11 is 1.36. The van der Waals surface area contributed by atoms with Crippen LogP contribution in [0.1, 0.15) is 32.8 Å². The van der Waals surface area contributed by atoms with Gasteiger partial charge in [0.2, 0.25) is 15.9 Å². The van der Waals surface area contributed by atoms with Gasteiger partial charge in [-0.1, -0.05) is 106 Å². The van der Waals surface area contributed by atoms with E-state index in [-0.39, 0.29) is 35.1 Å². The van der Waals surface area contributed by atoms with E-state index in [0.717, 1.165) is 27.4 Å². The van der Waals surface area contributed by atoms with Gasteiger partial charge in [0.05, 0.1) is 15.9 Å². The lowest BCUT2D eigenvalue weighted by atomic mass is 9.97. The van der Waals surface area contributed by atoms with Crippen LogP contribution < -0.4 is 15.5 Å². The van der Waals surface area contributed by atoms with Crippen molar-refractivity contribution in [3.8, 4) is 0 Å². The van der Waals surface area contributed by atoms with Crippen LogP contribution in [0.4, 0.5) is 17.6 Å². The molecule has 1 amide bonds. The number of nitrogens with two attached hydrogens (primary N) is 1. The summed E-state index contributed by atoms with van der Waals surface area (Å²) in [5.41, 5.74) is -5.99. The van der Waals surface area contributed by atoms with Crippen LogP contribution in [0.25, 0.3) is 0 Å². The average Bonchev–Trinajstić information content (AvgIpc) is 3.18. The van der Waals surface area contributed by atoms with Crippen LogP contribution in [0, 0.1) is 5.92 Å². The van der Waals surface area contributed by atoms with Gasteiger partial charge < -0.3 is 9.33 Å². The quantitative estimate of drug-likeness (QED) is 0.0823. The molecule has 4 aromatic rings. The maximum absolute atomic E-state index is 15.0. The van der Waals surface area contributed by atoms with Crippen molar-refractivity contribution in [3.63, 3.8) is 0 Å². The summed E-state index contributed by atoms with van der Waals surface area (Å²) in [6.45, 7) is 7.44. The van der Waals surface area contributed by atoms with Gasteiger partial charge in [0, 0.05) is 49.8 Å². The van der Waals surface area contributed by atoms with Crippen molar-refractivity contribution in [2.24, 2.45) is 11.1 Å². The molecule has 1 saturated heterocycles. The number of amides is 1. The predicted octanol–water partition coefficient (Wildman–Crippen LogP) is 6.03. The maximum atomic E-state index is 15.0. The van der Waals surface area contributed by atoms with Crippen LogP contribution in [0.5, 0.6) is 0 Å². The number of sulfone groups is 1. The Morgan fingerprint density at radius 1 is 0.828 bits per heavy atom. The Morgan fingerprint density at radius 3 is 1.84 bits per heavy atom. The van der Waals surface area contributed by atoms with Gasteiger partial charge in [-0.2, -0.15) is 13.2 Å². The van der Waals surface area contributed by atoms with E-state index in [1.807, 2.05) is 91.0 Å². The molecule has 0 spiro atoms. The van der Waals surface area contributed by atoms with Crippen LogP contribution in [-0.2, 0) is 35.5 Å². The molecule has 17 heteroatoms. The summed E-state index contributed by atoms with van der Waals surface area (Å²) in [4.78, 5) is 16.4. The SMILES string of the molecule is CC(C)(C)[Si](O[C@@H](CF)CN1CCN(C(=O)C[C@H](CSc2ccccc2)Cc2ccc(S(N)(=O)=O)cc2S(=O)(=O)C(F)(F)F)CC1)(c1ccccc1)c1ccccc1. The molecule has 0 aromatic heterocycles. The van der Waals surface area contributed by atoms with Crippen LogP contribution in [0.2, 0.25) is 5.04 Å². The standard InChI is InChI=1S/C41H49F4N3O6S3Si/c1-40(2,3)58(36-15-9-5-10-16-36,37-17-11-6-12-18-37)54-33(28-42)29-47-21-23-48(24-22-47)39(49)26-31(30-55-34-13-7-4-8-14-34)25-32-19-20-35(57(46,52)53)27-38(32)56(50,51)41(43,44)45/h4-20,27,31,33H,21-26,28-30H2,1-3H3,(H2,46,52,53)/t31-,33+/m1/s1.